The Morgan fingerprint density at radius 2 is 1.91 bits per heavy atom. The smallest absolute Gasteiger partial charge is 0.233 e. The Hall–Kier alpha value is -1.94. The van der Waals surface area contributed by atoms with Crippen molar-refractivity contribution in [3.05, 3.63) is 65.2 Å². The van der Waals surface area contributed by atoms with Crippen LogP contribution < -0.4 is 4.74 Å². The van der Waals surface area contributed by atoms with E-state index in [4.69, 9.17) is 4.74 Å². The molecule has 1 amide bonds. The molecule has 4 heteroatoms. The fourth-order valence-electron chi connectivity index (χ4n) is 2.66. The van der Waals surface area contributed by atoms with Gasteiger partial charge in [0.15, 0.2) is 0 Å². The number of amides is 1. The Kier molecular flexibility index (Phi) is 4.91. The van der Waals surface area contributed by atoms with Crippen molar-refractivity contribution in [1.29, 1.82) is 0 Å². The van der Waals surface area contributed by atoms with E-state index in [-0.39, 0.29) is 11.3 Å². The summed E-state index contributed by atoms with van der Waals surface area (Å²) in [4.78, 5) is 14.1. The molecule has 1 fully saturated rings. The largest absolute Gasteiger partial charge is 0.492 e. The van der Waals surface area contributed by atoms with Crippen molar-refractivity contribution in [2.45, 2.75) is 19.2 Å². The van der Waals surface area contributed by atoms with Gasteiger partial charge in [-0.2, -0.15) is 0 Å². The molecule has 1 saturated heterocycles. The highest BCUT2D eigenvalue weighted by Crippen LogP contribution is 2.38. The van der Waals surface area contributed by atoms with Crippen LogP contribution in [-0.2, 0) is 4.79 Å². The van der Waals surface area contributed by atoms with E-state index in [1.807, 2.05) is 35.2 Å². The molecule has 120 valence electrons. The van der Waals surface area contributed by atoms with Crippen LogP contribution in [0, 0.1) is 13.8 Å². The fourth-order valence-corrected chi connectivity index (χ4v) is 3.87. The minimum atomic E-state index is 0.104. The van der Waals surface area contributed by atoms with E-state index in [1.54, 1.807) is 11.8 Å². The van der Waals surface area contributed by atoms with E-state index >= 15 is 0 Å². The zero-order valence-electron chi connectivity index (χ0n) is 13.5. The SMILES string of the molecule is Cc1ccc(OCCN2C(=O)CSC2c2ccccc2)cc1C. The number of rotatable bonds is 5. The fraction of sp³-hybridized carbons (Fsp3) is 0.316. The van der Waals surface area contributed by atoms with E-state index in [9.17, 15) is 4.79 Å². The van der Waals surface area contributed by atoms with Crippen molar-refractivity contribution in [2.75, 3.05) is 18.9 Å². The highest BCUT2D eigenvalue weighted by molar-refractivity contribution is 8.00. The number of hydrogen-bond acceptors (Lipinski definition) is 3. The molecule has 0 saturated carbocycles. The van der Waals surface area contributed by atoms with Crippen LogP contribution in [0.25, 0.3) is 0 Å². The summed E-state index contributed by atoms with van der Waals surface area (Å²) in [6.45, 7) is 5.29. The molecule has 0 spiro atoms. The van der Waals surface area contributed by atoms with Gasteiger partial charge in [-0.15, -0.1) is 11.8 Å². The predicted molar refractivity (Wildman–Crippen MR) is 94.8 cm³/mol. The normalized spacial score (nSPS) is 17.6. The molecule has 1 unspecified atom stereocenters. The second-order valence-electron chi connectivity index (χ2n) is 5.76. The quantitative estimate of drug-likeness (QED) is 0.832. The minimum Gasteiger partial charge on any atom is -0.492 e. The standard InChI is InChI=1S/C19H21NO2S/c1-14-8-9-17(12-15(14)2)22-11-10-20-18(21)13-23-19(20)16-6-4-3-5-7-16/h3-9,12,19H,10-11,13H2,1-2H3. The van der Waals surface area contributed by atoms with E-state index in [0.717, 1.165) is 5.75 Å². The second kappa shape index (κ2) is 7.09. The van der Waals surface area contributed by atoms with Crippen molar-refractivity contribution >= 4 is 17.7 Å². The van der Waals surface area contributed by atoms with Gasteiger partial charge in [0.25, 0.3) is 0 Å². The summed E-state index contributed by atoms with van der Waals surface area (Å²) in [5.41, 5.74) is 3.65. The first kappa shape index (κ1) is 15.9. The molecule has 2 aromatic carbocycles. The number of ether oxygens (including phenoxy) is 1. The highest BCUT2D eigenvalue weighted by atomic mass is 32.2. The van der Waals surface area contributed by atoms with Gasteiger partial charge in [-0.1, -0.05) is 36.4 Å². The summed E-state index contributed by atoms with van der Waals surface area (Å²) >= 11 is 1.68. The minimum absolute atomic E-state index is 0.104. The number of carbonyl (C=O) groups is 1. The summed E-state index contributed by atoms with van der Waals surface area (Å²) in [5, 5.41) is 0.104. The summed E-state index contributed by atoms with van der Waals surface area (Å²) in [6.07, 6.45) is 0. The first-order valence-electron chi connectivity index (χ1n) is 7.81. The molecule has 0 aliphatic carbocycles. The van der Waals surface area contributed by atoms with Gasteiger partial charge >= 0.3 is 0 Å². The van der Waals surface area contributed by atoms with Gasteiger partial charge in [-0.05, 0) is 42.7 Å². The highest BCUT2D eigenvalue weighted by Gasteiger charge is 2.32. The molecule has 2 aromatic rings. The van der Waals surface area contributed by atoms with Gasteiger partial charge in [0.1, 0.15) is 17.7 Å². The van der Waals surface area contributed by atoms with Crippen LogP contribution in [0.2, 0.25) is 0 Å². The van der Waals surface area contributed by atoms with Crippen LogP contribution in [0.3, 0.4) is 0 Å². The van der Waals surface area contributed by atoms with Crippen molar-refractivity contribution in [3.8, 4) is 5.75 Å². The number of hydrogen-bond donors (Lipinski definition) is 0. The van der Waals surface area contributed by atoms with Crippen LogP contribution in [0.1, 0.15) is 22.1 Å². The van der Waals surface area contributed by atoms with Crippen molar-refractivity contribution in [1.82, 2.24) is 4.90 Å². The van der Waals surface area contributed by atoms with Gasteiger partial charge in [-0.3, -0.25) is 4.79 Å². The number of aryl methyl sites for hydroxylation is 2. The summed E-state index contributed by atoms with van der Waals surface area (Å²) in [5.74, 6) is 1.60. The molecule has 0 bridgehead atoms. The van der Waals surface area contributed by atoms with Crippen molar-refractivity contribution in [2.24, 2.45) is 0 Å². The van der Waals surface area contributed by atoms with Gasteiger partial charge < -0.3 is 9.64 Å². The lowest BCUT2D eigenvalue weighted by Gasteiger charge is -2.24. The lowest BCUT2D eigenvalue weighted by Crippen LogP contribution is -2.32. The van der Waals surface area contributed by atoms with Crippen LogP contribution in [0.15, 0.2) is 48.5 Å². The molecule has 0 aromatic heterocycles. The van der Waals surface area contributed by atoms with Crippen LogP contribution in [0.5, 0.6) is 5.75 Å². The zero-order valence-corrected chi connectivity index (χ0v) is 14.3. The average molecular weight is 327 g/mol. The Morgan fingerprint density at radius 3 is 2.65 bits per heavy atom. The summed E-state index contributed by atoms with van der Waals surface area (Å²) in [6, 6.07) is 16.3. The summed E-state index contributed by atoms with van der Waals surface area (Å²) in [7, 11) is 0. The molecule has 0 radical (unpaired) electrons. The molecule has 0 N–H and O–H groups in total. The third-order valence-corrected chi connectivity index (χ3v) is 5.39. The van der Waals surface area contributed by atoms with Gasteiger partial charge in [-0.25, -0.2) is 0 Å². The van der Waals surface area contributed by atoms with E-state index in [0.29, 0.717) is 18.9 Å². The number of carbonyl (C=O) groups excluding carboxylic acids is 1. The van der Waals surface area contributed by atoms with E-state index in [2.05, 4.69) is 32.0 Å². The predicted octanol–water partition coefficient (Wildman–Crippen LogP) is 3.96. The topological polar surface area (TPSA) is 29.5 Å². The van der Waals surface area contributed by atoms with E-state index in [1.165, 1.54) is 16.7 Å². The maximum Gasteiger partial charge on any atom is 0.233 e. The molecular formula is C19H21NO2S. The monoisotopic (exact) mass is 327 g/mol. The number of benzene rings is 2. The lowest BCUT2D eigenvalue weighted by atomic mass is 10.1. The zero-order chi connectivity index (χ0) is 16.2. The van der Waals surface area contributed by atoms with Crippen LogP contribution in [-0.4, -0.2) is 29.7 Å². The Morgan fingerprint density at radius 1 is 1.13 bits per heavy atom. The van der Waals surface area contributed by atoms with Crippen molar-refractivity contribution < 1.29 is 9.53 Å². The first-order chi connectivity index (χ1) is 11.1. The molecule has 3 rings (SSSR count). The number of nitrogens with zero attached hydrogens (tertiary/aromatic N) is 1. The average Bonchev–Trinajstić information content (AvgIpc) is 2.93. The molecule has 3 nitrogen and oxygen atoms in total. The number of thioether (sulfide) groups is 1. The maximum atomic E-state index is 12.1. The summed E-state index contributed by atoms with van der Waals surface area (Å²) < 4.78 is 5.83. The van der Waals surface area contributed by atoms with Gasteiger partial charge in [0.05, 0.1) is 12.3 Å². The third kappa shape index (κ3) is 3.70. The molecule has 1 aliphatic heterocycles. The molecular weight excluding hydrogens is 306 g/mol. The maximum absolute atomic E-state index is 12.1. The first-order valence-corrected chi connectivity index (χ1v) is 8.86. The van der Waals surface area contributed by atoms with Gasteiger partial charge in [0.2, 0.25) is 5.91 Å². The second-order valence-corrected chi connectivity index (χ2v) is 6.82. The third-order valence-electron chi connectivity index (χ3n) is 4.13. The molecule has 1 atom stereocenters. The van der Waals surface area contributed by atoms with Crippen LogP contribution >= 0.6 is 11.8 Å². The lowest BCUT2D eigenvalue weighted by molar-refractivity contribution is -0.128. The molecule has 1 heterocycles. The van der Waals surface area contributed by atoms with Crippen LogP contribution in [0.4, 0.5) is 0 Å². The van der Waals surface area contributed by atoms with Crippen molar-refractivity contribution in [3.63, 3.8) is 0 Å². The molecule has 1 aliphatic rings. The molecule has 23 heavy (non-hydrogen) atoms. The Balaban J connectivity index is 1.61. The van der Waals surface area contributed by atoms with E-state index < -0.39 is 0 Å². The Labute approximate surface area is 141 Å². The Bertz CT molecular complexity index is 687. The van der Waals surface area contributed by atoms with Gasteiger partial charge in [0, 0.05) is 0 Å².